The van der Waals surface area contributed by atoms with Crippen LogP contribution in [0.2, 0.25) is 0 Å². The molecule has 2 fully saturated rings. The maximum atomic E-state index is 5.32. The molecule has 52 valence electrons. The maximum Gasteiger partial charge on any atom is 0.0538 e. The van der Waals surface area contributed by atoms with E-state index in [1.54, 1.807) is 0 Å². The average Bonchev–Trinajstić information content (AvgIpc) is 2.37. The molecule has 1 aliphatic carbocycles. The molecule has 1 saturated carbocycles. The van der Waals surface area contributed by atoms with Gasteiger partial charge in [-0.15, -0.1) is 0 Å². The highest BCUT2D eigenvalue weighted by molar-refractivity contribution is 5.06. The predicted molar refractivity (Wildman–Crippen MR) is 35.3 cm³/mol. The summed E-state index contributed by atoms with van der Waals surface area (Å²) in [5.74, 6) is 0.893. The van der Waals surface area contributed by atoms with Crippen LogP contribution in [0.25, 0.3) is 0 Å². The third-order valence-corrected chi connectivity index (χ3v) is 2.60. The molecule has 1 saturated heterocycles. The Bertz CT molecular complexity index is 126. The second kappa shape index (κ2) is 1.70. The zero-order chi connectivity index (χ0) is 6.32. The first-order valence-electron chi connectivity index (χ1n) is 3.60. The summed E-state index contributed by atoms with van der Waals surface area (Å²) in [7, 11) is 2.02. The van der Waals surface area contributed by atoms with Crippen molar-refractivity contribution in [1.82, 2.24) is 5.32 Å². The SMILES string of the molecule is CNC[C@@]12COC[C@H]1C2. The smallest absolute Gasteiger partial charge is 0.0538 e. The first kappa shape index (κ1) is 5.69. The van der Waals surface area contributed by atoms with E-state index in [9.17, 15) is 0 Å². The number of hydrogen-bond acceptors (Lipinski definition) is 2. The lowest BCUT2D eigenvalue weighted by Crippen LogP contribution is -2.22. The van der Waals surface area contributed by atoms with Crippen molar-refractivity contribution in [2.75, 3.05) is 26.8 Å². The minimum Gasteiger partial charge on any atom is -0.380 e. The van der Waals surface area contributed by atoms with E-state index in [0.717, 1.165) is 25.7 Å². The van der Waals surface area contributed by atoms with Gasteiger partial charge in [-0.05, 0) is 19.4 Å². The summed E-state index contributed by atoms with van der Waals surface area (Å²) in [6, 6.07) is 0. The Morgan fingerprint density at radius 1 is 1.78 bits per heavy atom. The highest BCUT2D eigenvalue weighted by Gasteiger charge is 2.57. The van der Waals surface area contributed by atoms with Gasteiger partial charge in [0.1, 0.15) is 0 Å². The van der Waals surface area contributed by atoms with Gasteiger partial charge in [-0.1, -0.05) is 0 Å². The molecule has 0 bridgehead atoms. The maximum absolute atomic E-state index is 5.32. The molecule has 1 heterocycles. The number of fused-ring (bicyclic) bond motifs is 1. The summed E-state index contributed by atoms with van der Waals surface area (Å²) in [5, 5.41) is 3.21. The van der Waals surface area contributed by atoms with E-state index in [4.69, 9.17) is 4.74 Å². The summed E-state index contributed by atoms with van der Waals surface area (Å²) in [6.07, 6.45) is 1.40. The van der Waals surface area contributed by atoms with Crippen LogP contribution in [0, 0.1) is 11.3 Å². The molecule has 2 rings (SSSR count). The van der Waals surface area contributed by atoms with Crippen molar-refractivity contribution in [3.05, 3.63) is 0 Å². The van der Waals surface area contributed by atoms with E-state index in [0.29, 0.717) is 5.41 Å². The van der Waals surface area contributed by atoms with Crippen LogP contribution in [0.3, 0.4) is 0 Å². The van der Waals surface area contributed by atoms with Gasteiger partial charge >= 0.3 is 0 Å². The largest absolute Gasteiger partial charge is 0.380 e. The summed E-state index contributed by atoms with van der Waals surface area (Å²) in [5.41, 5.74) is 0.578. The molecule has 0 aromatic carbocycles. The van der Waals surface area contributed by atoms with E-state index in [1.165, 1.54) is 6.42 Å². The molecular formula is C7H13NO. The van der Waals surface area contributed by atoms with Gasteiger partial charge in [0.05, 0.1) is 13.2 Å². The molecule has 1 N–H and O–H groups in total. The summed E-state index contributed by atoms with van der Waals surface area (Å²) in [4.78, 5) is 0. The minimum atomic E-state index is 0.578. The van der Waals surface area contributed by atoms with Gasteiger partial charge in [-0.2, -0.15) is 0 Å². The van der Waals surface area contributed by atoms with E-state index in [-0.39, 0.29) is 0 Å². The van der Waals surface area contributed by atoms with Crippen LogP contribution < -0.4 is 5.32 Å². The number of rotatable bonds is 2. The molecule has 2 aliphatic rings. The monoisotopic (exact) mass is 127 g/mol. The summed E-state index contributed by atoms with van der Waals surface area (Å²) >= 11 is 0. The third-order valence-electron chi connectivity index (χ3n) is 2.60. The molecule has 2 atom stereocenters. The minimum absolute atomic E-state index is 0.578. The van der Waals surface area contributed by atoms with Crippen LogP contribution in [0.15, 0.2) is 0 Å². The first-order chi connectivity index (χ1) is 4.37. The van der Waals surface area contributed by atoms with Gasteiger partial charge in [0.2, 0.25) is 0 Å². The molecule has 0 unspecified atom stereocenters. The summed E-state index contributed by atoms with van der Waals surface area (Å²) in [6.45, 7) is 3.16. The van der Waals surface area contributed by atoms with Crippen LogP contribution in [-0.4, -0.2) is 26.8 Å². The molecule has 1 aliphatic heterocycles. The lowest BCUT2D eigenvalue weighted by molar-refractivity contribution is 0.146. The van der Waals surface area contributed by atoms with Crippen molar-refractivity contribution in [2.24, 2.45) is 11.3 Å². The van der Waals surface area contributed by atoms with Crippen LogP contribution in [-0.2, 0) is 4.74 Å². The Hall–Kier alpha value is -0.0800. The van der Waals surface area contributed by atoms with Crippen molar-refractivity contribution in [1.29, 1.82) is 0 Å². The van der Waals surface area contributed by atoms with Crippen molar-refractivity contribution >= 4 is 0 Å². The number of nitrogens with one attached hydrogen (secondary N) is 1. The number of hydrogen-bond donors (Lipinski definition) is 1. The van der Waals surface area contributed by atoms with Gasteiger partial charge in [0.25, 0.3) is 0 Å². The highest BCUT2D eigenvalue weighted by atomic mass is 16.5. The van der Waals surface area contributed by atoms with Crippen LogP contribution >= 0.6 is 0 Å². The third kappa shape index (κ3) is 0.700. The lowest BCUT2D eigenvalue weighted by atomic mass is 10.1. The Balaban J connectivity index is 1.95. The molecule has 0 spiro atoms. The molecular weight excluding hydrogens is 114 g/mol. The van der Waals surface area contributed by atoms with Crippen LogP contribution in [0.4, 0.5) is 0 Å². The van der Waals surface area contributed by atoms with Gasteiger partial charge in [-0.3, -0.25) is 0 Å². The molecule has 0 aromatic rings. The fraction of sp³-hybridized carbons (Fsp3) is 1.00. The number of ether oxygens (including phenoxy) is 1. The standard InChI is InChI=1S/C7H13NO/c1-8-4-7-2-6(7)3-9-5-7/h6,8H,2-5H2,1H3/t6-,7+/m1/s1. The van der Waals surface area contributed by atoms with Gasteiger partial charge in [-0.25, -0.2) is 0 Å². The molecule has 0 radical (unpaired) electrons. The van der Waals surface area contributed by atoms with Crippen molar-refractivity contribution in [2.45, 2.75) is 6.42 Å². The topological polar surface area (TPSA) is 21.3 Å². The molecule has 0 amide bonds. The van der Waals surface area contributed by atoms with Gasteiger partial charge in [0, 0.05) is 12.0 Å². The Kier molecular flexibility index (Phi) is 1.08. The Labute approximate surface area is 55.6 Å². The zero-order valence-electron chi connectivity index (χ0n) is 5.81. The predicted octanol–water partition coefficient (Wildman–Crippen LogP) is 0.242. The van der Waals surface area contributed by atoms with Crippen molar-refractivity contribution in [3.63, 3.8) is 0 Å². The van der Waals surface area contributed by atoms with E-state index >= 15 is 0 Å². The van der Waals surface area contributed by atoms with Crippen molar-refractivity contribution < 1.29 is 4.74 Å². The summed E-state index contributed by atoms with van der Waals surface area (Å²) < 4.78 is 5.32. The second-order valence-electron chi connectivity index (χ2n) is 3.31. The van der Waals surface area contributed by atoms with E-state index in [1.807, 2.05) is 7.05 Å². The van der Waals surface area contributed by atoms with E-state index in [2.05, 4.69) is 5.32 Å². The first-order valence-corrected chi connectivity index (χ1v) is 3.60. The molecule has 0 aromatic heterocycles. The van der Waals surface area contributed by atoms with Crippen LogP contribution in [0.1, 0.15) is 6.42 Å². The molecule has 2 heteroatoms. The normalized spacial score (nSPS) is 47.0. The Morgan fingerprint density at radius 3 is 3.11 bits per heavy atom. The fourth-order valence-electron chi connectivity index (χ4n) is 1.87. The molecule has 9 heavy (non-hydrogen) atoms. The van der Waals surface area contributed by atoms with Gasteiger partial charge in [0.15, 0.2) is 0 Å². The fourth-order valence-corrected chi connectivity index (χ4v) is 1.87. The Morgan fingerprint density at radius 2 is 2.67 bits per heavy atom. The lowest BCUT2D eigenvalue weighted by Gasteiger charge is -2.07. The quantitative estimate of drug-likeness (QED) is 0.574. The molecule has 2 nitrogen and oxygen atoms in total. The highest BCUT2D eigenvalue weighted by Crippen LogP contribution is 2.56. The average molecular weight is 127 g/mol. The second-order valence-corrected chi connectivity index (χ2v) is 3.31. The van der Waals surface area contributed by atoms with E-state index < -0.39 is 0 Å². The zero-order valence-corrected chi connectivity index (χ0v) is 5.81. The van der Waals surface area contributed by atoms with Crippen molar-refractivity contribution in [3.8, 4) is 0 Å². The van der Waals surface area contributed by atoms with Crippen LogP contribution in [0.5, 0.6) is 0 Å². The van der Waals surface area contributed by atoms with Gasteiger partial charge < -0.3 is 10.1 Å².